The number of hydrogen-bond donors (Lipinski definition) is 1. The van der Waals surface area contributed by atoms with Gasteiger partial charge in [0.25, 0.3) is 0 Å². The third-order valence-electron chi connectivity index (χ3n) is 4.78. The summed E-state index contributed by atoms with van der Waals surface area (Å²) in [6.45, 7) is 2.79. The number of aliphatic hydroxyl groups excluding tert-OH is 1. The zero-order valence-electron chi connectivity index (χ0n) is 14.5. The molecule has 0 aliphatic heterocycles. The maximum absolute atomic E-state index is 9.01. The summed E-state index contributed by atoms with van der Waals surface area (Å²) >= 11 is -0.900. The molecule has 0 bridgehead atoms. The Morgan fingerprint density at radius 2 is 1.85 bits per heavy atom. The first-order chi connectivity index (χ1) is 11.8. The van der Waals surface area contributed by atoms with Crippen LogP contribution < -0.4 is 28.1 Å². The summed E-state index contributed by atoms with van der Waals surface area (Å²) in [7, 11) is 0. The van der Waals surface area contributed by atoms with Crippen LogP contribution in [0.25, 0.3) is 11.1 Å². The van der Waals surface area contributed by atoms with Crippen LogP contribution in [0.5, 0.6) is 0 Å². The fraction of sp³-hybridized carbons (Fsp3) is 0.238. The molecule has 134 valence electrons. The van der Waals surface area contributed by atoms with Crippen LogP contribution in [0, 0.1) is 0 Å². The minimum absolute atomic E-state index is 0. The van der Waals surface area contributed by atoms with Gasteiger partial charge in [-0.05, 0) is 0 Å². The fourth-order valence-electron chi connectivity index (χ4n) is 3.70. The van der Waals surface area contributed by atoms with E-state index in [0.29, 0.717) is 12.5 Å². The summed E-state index contributed by atoms with van der Waals surface area (Å²) in [5, 5.41) is 9.01. The summed E-state index contributed by atoms with van der Waals surface area (Å²) < 4.78 is 8.76. The quantitative estimate of drug-likeness (QED) is 0.538. The van der Waals surface area contributed by atoms with Crippen molar-refractivity contribution in [3.05, 3.63) is 74.8 Å². The molecule has 2 nitrogen and oxygen atoms in total. The van der Waals surface area contributed by atoms with Crippen molar-refractivity contribution in [2.45, 2.75) is 19.3 Å². The van der Waals surface area contributed by atoms with Gasteiger partial charge in [-0.25, -0.2) is 0 Å². The minimum atomic E-state index is -0.900. The molecule has 2 aliphatic carbocycles. The topological polar surface area (TPSA) is 29.5 Å². The number of halogens is 2. The SMILES string of the molecule is CC1c2ccccc2-c2ccc[c]([Zr+2][C]3=C(OCCO)C=CC3)c21.[Cl-].[Cl-]. The molecule has 2 aliphatic rings. The number of rotatable bonds is 5. The fourth-order valence-corrected chi connectivity index (χ4v) is 7.36. The second-order valence-electron chi connectivity index (χ2n) is 6.22. The summed E-state index contributed by atoms with van der Waals surface area (Å²) in [5.41, 5.74) is 5.80. The van der Waals surface area contributed by atoms with Crippen LogP contribution in [0.4, 0.5) is 0 Å². The van der Waals surface area contributed by atoms with Crippen LogP contribution in [0.15, 0.2) is 63.7 Å². The summed E-state index contributed by atoms with van der Waals surface area (Å²) in [5.74, 6) is 1.49. The molecule has 0 saturated carbocycles. The monoisotopic (exact) mass is 464 g/mol. The molecule has 1 unspecified atom stereocenters. The number of benzene rings is 2. The molecule has 1 N–H and O–H groups in total. The van der Waals surface area contributed by atoms with Crippen LogP contribution in [0.2, 0.25) is 0 Å². The number of ether oxygens (including phenoxy) is 1. The zero-order chi connectivity index (χ0) is 16.5. The minimum Gasteiger partial charge on any atom is -1.00 e. The first-order valence-electron chi connectivity index (χ1n) is 8.42. The van der Waals surface area contributed by atoms with Crippen molar-refractivity contribution in [2.24, 2.45) is 0 Å². The number of allylic oxidation sites excluding steroid dienone is 3. The van der Waals surface area contributed by atoms with Gasteiger partial charge < -0.3 is 24.8 Å². The molecule has 0 saturated heterocycles. The number of fused-ring (bicyclic) bond motifs is 3. The Bertz CT molecular complexity index is 846. The van der Waals surface area contributed by atoms with Crippen molar-refractivity contribution in [2.75, 3.05) is 13.2 Å². The van der Waals surface area contributed by atoms with E-state index in [1.807, 2.05) is 0 Å². The molecule has 5 heteroatoms. The van der Waals surface area contributed by atoms with E-state index in [9.17, 15) is 0 Å². The van der Waals surface area contributed by atoms with Gasteiger partial charge in [0.2, 0.25) is 0 Å². The Hall–Kier alpha value is -0.857. The van der Waals surface area contributed by atoms with E-state index >= 15 is 0 Å². The summed E-state index contributed by atoms with van der Waals surface area (Å²) in [4.78, 5) is 0. The smallest absolute Gasteiger partial charge is 1.00 e. The number of aliphatic hydroxyl groups is 1. The van der Waals surface area contributed by atoms with E-state index in [4.69, 9.17) is 9.84 Å². The van der Waals surface area contributed by atoms with Crippen LogP contribution in [-0.2, 0) is 28.0 Å². The van der Waals surface area contributed by atoms with Gasteiger partial charge in [-0.1, -0.05) is 0 Å². The molecule has 0 fully saturated rings. The molecular weight excluding hydrogens is 446 g/mol. The van der Waals surface area contributed by atoms with Crippen molar-refractivity contribution in [1.29, 1.82) is 0 Å². The van der Waals surface area contributed by atoms with Crippen LogP contribution in [0.3, 0.4) is 0 Å². The van der Waals surface area contributed by atoms with Gasteiger partial charge in [0.05, 0.1) is 0 Å². The first kappa shape index (κ1) is 21.4. The molecule has 0 amide bonds. The second kappa shape index (κ2) is 9.37. The maximum atomic E-state index is 9.01. The van der Waals surface area contributed by atoms with Crippen molar-refractivity contribution in [3.8, 4) is 11.1 Å². The van der Waals surface area contributed by atoms with E-state index in [0.717, 1.165) is 12.2 Å². The van der Waals surface area contributed by atoms with Crippen LogP contribution in [-0.4, -0.2) is 18.3 Å². The second-order valence-corrected chi connectivity index (χ2v) is 9.64. The predicted octanol–water partition coefficient (Wildman–Crippen LogP) is -2.28. The van der Waals surface area contributed by atoms with E-state index in [-0.39, 0.29) is 31.4 Å². The molecular formula is C21H20Cl2O2Zr. The zero-order valence-corrected chi connectivity index (χ0v) is 18.5. The van der Waals surface area contributed by atoms with Gasteiger partial charge in [0, 0.05) is 0 Å². The Balaban J connectivity index is 0.00000121. The third kappa shape index (κ3) is 3.87. The molecule has 0 aromatic heterocycles. The van der Waals surface area contributed by atoms with E-state index in [1.165, 1.54) is 25.5 Å². The van der Waals surface area contributed by atoms with E-state index in [2.05, 4.69) is 61.5 Å². The van der Waals surface area contributed by atoms with Crippen molar-refractivity contribution in [3.63, 3.8) is 0 Å². The Morgan fingerprint density at radius 1 is 1.08 bits per heavy atom. The van der Waals surface area contributed by atoms with Gasteiger partial charge in [0.1, 0.15) is 0 Å². The van der Waals surface area contributed by atoms with Gasteiger partial charge in [-0.15, -0.1) is 0 Å². The molecule has 2 aromatic carbocycles. The standard InChI is InChI=1S/C14H11.C7H9O2.2ClH.Zr/c1-10-11-6-2-4-8-13(11)14-9-5-3-7-12(10)14;8-5-6-9-7-3-1-2-4-7;;;/h2-6,8-10H,1H3;1,3,8H,2,5-6H2;2*1H;/q;;;;+2/p-2. The van der Waals surface area contributed by atoms with E-state index < -0.39 is 23.2 Å². The molecule has 0 radical (unpaired) electrons. The largest absolute Gasteiger partial charge is 1.00 e. The average Bonchev–Trinajstić information content (AvgIpc) is 3.17. The van der Waals surface area contributed by atoms with Gasteiger partial charge in [-0.3, -0.25) is 0 Å². The molecule has 0 heterocycles. The van der Waals surface area contributed by atoms with Gasteiger partial charge in [-0.2, -0.15) is 0 Å². The summed E-state index contributed by atoms with van der Waals surface area (Å²) in [6.07, 6.45) is 5.27. The average molecular weight is 467 g/mol. The van der Waals surface area contributed by atoms with Crippen LogP contribution in [0.1, 0.15) is 30.4 Å². The van der Waals surface area contributed by atoms with Crippen molar-refractivity contribution in [1.82, 2.24) is 0 Å². The Labute approximate surface area is 178 Å². The van der Waals surface area contributed by atoms with E-state index in [1.54, 1.807) is 3.27 Å². The molecule has 26 heavy (non-hydrogen) atoms. The normalized spacial score (nSPS) is 16.3. The Kier molecular flexibility index (Phi) is 7.73. The molecule has 0 spiro atoms. The van der Waals surface area contributed by atoms with Crippen molar-refractivity contribution < 1.29 is 57.9 Å². The van der Waals surface area contributed by atoms with Gasteiger partial charge >= 0.3 is 155 Å². The van der Waals surface area contributed by atoms with Crippen LogP contribution >= 0.6 is 0 Å². The third-order valence-corrected chi connectivity index (χ3v) is 8.36. The first-order valence-corrected chi connectivity index (χ1v) is 10.9. The predicted molar refractivity (Wildman–Crippen MR) is 92.8 cm³/mol. The summed E-state index contributed by atoms with van der Waals surface area (Å²) in [6, 6.07) is 15.6. The molecule has 1 atom stereocenters. The molecule has 4 rings (SSSR count). The molecule has 2 aromatic rings. The van der Waals surface area contributed by atoms with Gasteiger partial charge in [0.15, 0.2) is 0 Å². The van der Waals surface area contributed by atoms with Crippen molar-refractivity contribution >= 4 is 3.27 Å². The maximum Gasteiger partial charge on any atom is -1.00 e. The Morgan fingerprint density at radius 3 is 2.65 bits per heavy atom. The number of hydrogen-bond acceptors (Lipinski definition) is 2.